The number of hydrogen-bond donors (Lipinski definition) is 3. The number of aromatic nitrogens is 3. The second kappa shape index (κ2) is 4.97. The minimum atomic E-state index is -0.425. The lowest BCUT2D eigenvalue weighted by molar-refractivity contribution is 0.262. The lowest BCUT2D eigenvalue weighted by atomic mass is 10.3. The summed E-state index contributed by atoms with van der Waals surface area (Å²) in [5.41, 5.74) is 0.576. The van der Waals surface area contributed by atoms with E-state index in [1.807, 2.05) is 6.07 Å². The molecule has 2 rings (SSSR count). The number of ether oxygens (including phenoxy) is 1. The van der Waals surface area contributed by atoms with E-state index in [4.69, 9.17) is 4.74 Å². The molecule has 1 aromatic heterocycles. The highest BCUT2D eigenvalue weighted by Gasteiger charge is 2.07. The fourth-order valence-corrected chi connectivity index (χ4v) is 1.27. The smallest absolute Gasteiger partial charge is 0.326 e. The van der Waals surface area contributed by atoms with E-state index in [2.05, 4.69) is 25.8 Å². The van der Waals surface area contributed by atoms with E-state index in [1.165, 1.54) is 13.4 Å². The average Bonchev–Trinajstić information content (AvgIpc) is 2.82. The molecule has 17 heavy (non-hydrogen) atoms. The zero-order valence-electron chi connectivity index (χ0n) is 9.10. The van der Waals surface area contributed by atoms with Crippen molar-refractivity contribution in [3.63, 3.8) is 0 Å². The van der Waals surface area contributed by atoms with Crippen LogP contribution in [-0.4, -0.2) is 28.3 Å². The van der Waals surface area contributed by atoms with Crippen molar-refractivity contribution in [3.8, 4) is 5.75 Å². The Labute approximate surface area is 97.2 Å². The van der Waals surface area contributed by atoms with Gasteiger partial charge in [-0.05, 0) is 12.1 Å². The molecular weight excluding hydrogens is 222 g/mol. The lowest BCUT2D eigenvalue weighted by Gasteiger charge is -2.09. The number of H-pyrrole nitrogens is 1. The summed E-state index contributed by atoms with van der Waals surface area (Å²) in [6.45, 7) is 0. The summed E-state index contributed by atoms with van der Waals surface area (Å²) in [5, 5.41) is 11.3. The number of amides is 2. The van der Waals surface area contributed by atoms with Crippen LogP contribution in [0.5, 0.6) is 5.75 Å². The molecule has 0 unspecified atom stereocenters. The van der Waals surface area contributed by atoms with Crippen LogP contribution in [0.3, 0.4) is 0 Å². The highest BCUT2D eigenvalue weighted by molar-refractivity contribution is 5.99. The van der Waals surface area contributed by atoms with Gasteiger partial charge in [0.15, 0.2) is 0 Å². The van der Waals surface area contributed by atoms with Crippen molar-refractivity contribution in [1.29, 1.82) is 0 Å². The molecule has 2 aromatic rings. The van der Waals surface area contributed by atoms with Crippen molar-refractivity contribution in [3.05, 3.63) is 30.6 Å². The Morgan fingerprint density at radius 2 is 2.18 bits per heavy atom. The van der Waals surface area contributed by atoms with Crippen LogP contribution in [0.4, 0.5) is 16.4 Å². The van der Waals surface area contributed by atoms with E-state index in [9.17, 15) is 4.79 Å². The number of rotatable bonds is 3. The summed E-state index contributed by atoms with van der Waals surface area (Å²) in [7, 11) is 1.54. The molecular formula is C10H11N5O2. The molecule has 1 heterocycles. The molecule has 0 aliphatic heterocycles. The molecule has 0 fully saturated rings. The van der Waals surface area contributed by atoms with E-state index in [-0.39, 0.29) is 5.95 Å². The number of hydrogen-bond acceptors (Lipinski definition) is 4. The maximum Gasteiger partial charge on any atom is 0.326 e. The van der Waals surface area contributed by atoms with Crippen LogP contribution in [0.15, 0.2) is 30.6 Å². The van der Waals surface area contributed by atoms with Crippen LogP contribution >= 0.6 is 0 Å². The van der Waals surface area contributed by atoms with Gasteiger partial charge in [-0.25, -0.2) is 9.89 Å². The summed E-state index contributed by atoms with van der Waals surface area (Å²) >= 11 is 0. The van der Waals surface area contributed by atoms with Crippen molar-refractivity contribution in [2.24, 2.45) is 0 Å². The number of carbonyl (C=O) groups excluding carboxylic acids is 1. The van der Waals surface area contributed by atoms with Crippen molar-refractivity contribution in [2.45, 2.75) is 0 Å². The number of benzene rings is 1. The molecule has 7 heteroatoms. The molecule has 0 bridgehead atoms. The molecule has 7 nitrogen and oxygen atoms in total. The van der Waals surface area contributed by atoms with E-state index >= 15 is 0 Å². The van der Waals surface area contributed by atoms with Gasteiger partial charge in [0.1, 0.15) is 12.1 Å². The standard InChI is InChI=1S/C10H11N5O2/c1-17-8-5-3-2-4-7(8)13-10(16)14-9-11-6-12-15-9/h2-6H,1H3,(H3,11,12,13,14,15,16). The molecule has 1 aromatic carbocycles. The summed E-state index contributed by atoms with van der Waals surface area (Å²) in [6, 6.07) is 6.68. The molecule has 0 aliphatic rings. The Morgan fingerprint density at radius 1 is 1.35 bits per heavy atom. The van der Waals surface area contributed by atoms with Crippen molar-refractivity contribution in [1.82, 2.24) is 15.2 Å². The Morgan fingerprint density at radius 3 is 2.88 bits per heavy atom. The van der Waals surface area contributed by atoms with Gasteiger partial charge in [0.05, 0.1) is 12.8 Å². The van der Waals surface area contributed by atoms with Crippen molar-refractivity contribution >= 4 is 17.7 Å². The molecule has 0 aliphatic carbocycles. The van der Waals surface area contributed by atoms with Crippen LogP contribution in [0.25, 0.3) is 0 Å². The van der Waals surface area contributed by atoms with Gasteiger partial charge in [0.2, 0.25) is 5.95 Å². The third-order valence-electron chi connectivity index (χ3n) is 2.00. The molecule has 88 valence electrons. The van der Waals surface area contributed by atoms with E-state index in [1.54, 1.807) is 18.2 Å². The van der Waals surface area contributed by atoms with Crippen LogP contribution in [0.2, 0.25) is 0 Å². The highest BCUT2D eigenvalue weighted by Crippen LogP contribution is 2.22. The van der Waals surface area contributed by atoms with Gasteiger partial charge in [0, 0.05) is 0 Å². The zero-order chi connectivity index (χ0) is 12.1. The Balaban J connectivity index is 2.03. The number of carbonyl (C=O) groups is 1. The normalized spacial score (nSPS) is 9.71. The molecule has 0 saturated heterocycles. The fourth-order valence-electron chi connectivity index (χ4n) is 1.27. The fraction of sp³-hybridized carbons (Fsp3) is 0.100. The van der Waals surface area contributed by atoms with Crippen LogP contribution < -0.4 is 15.4 Å². The summed E-state index contributed by atoms with van der Waals surface area (Å²) in [5.74, 6) is 0.859. The number of urea groups is 1. The quantitative estimate of drug-likeness (QED) is 0.748. The Kier molecular flexibility index (Phi) is 3.20. The monoisotopic (exact) mass is 233 g/mol. The number of nitrogens with one attached hydrogen (secondary N) is 3. The second-order valence-electron chi connectivity index (χ2n) is 3.11. The number of aromatic amines is 1. The molecule has 3 N–H and O–H groups in total. The predicted octanol–water partition coefficient (Wildman–Crippen LogP) is 1.46. The average molecular weight is 233 g/mol. The summed E-state index contributed by atoms with van der Waals surface area (Å²) < 4.78 is 5.10. The maximum atomic E-state index is 11.6. The zero-order valence-corrected chi connectivity index (χ0v) is 9.10. The second-order valence-corrected chi connectivity index (χ2v) is 3.11. The first-order chi connectivity index (χ1) is 8.29. The van der Waals surface area contributed by atoms with E-state index in [0.717, 1.165) is 0 Å². The van der Waals surface area contributed by atoms with Crippen LogP contribution in [-0.2, 0) is 0 Å². The van der Waals surface area contributed by atoms with Gasteiger partial charge in [0.25, 0.3) is 0 Å². The number of nitrogens with zero attached hydrogens (tertiary/aromatic N) is 2. The van der Waals surface area contributed by atoms with Gasteiger partial charge >= 0.3 is 6.03 Å². The summed E-state index contributed by atoms with van der Waals surface area (Å²) in [6.07, 6.45) is 1.30. The number of para-hydroxylation sites is 2. The third kappa shape index (κ3) is 2.71. The minimum Gasteiger partial charge on any atom is -0.495 e. The number of anilines is 2. The topological polar surface area (TPSA) is 91.9 Å². The lowest BCUT2D eigenvalue weighted by Crippen LogP contribution is -2.20. The van der Waals surface area contributed by atoms with Crippen LogP contribution in [0, 0.1) is 0 Å². The number of methoxy groups -OCH3 is 1. The minimum absolute atomic E-state index is 0.275. The van der Waals surface area contributed by atoms with Crippen LogP contribution in [0.1, 0.15) is 0 Å². The molecule has 2 amide bonds. The van der Waals surface area contributed by atoms with Gasteiger partial charge in [-0.1, -0.05) is 12.1 Å². The molecule has 0 radical (unpaired) electrons. The Bertz CT molecular complexity index is 497. The van der Waals surface area contributed by atoms with Gasteiger partial charge in [-0.2, -0.15) is 10.1 Å². The van der Waals surface area contributed by atoms with Gasteiger partial charge in [-0.15, -0.1) is 0 Å². The first-order valence-corrected chi connectivity index (χ1v) is 4.86. The van der Waals surface area contributed by atoms with E-state index < -0.39 is 6.03 Å². The first kappa shape index (κ1) is 10.9. The van der Waals surface area contributed by atoms with Crippen molar-refractivity contribution in [2.75, 3.05) is 17.7 Å². The Hall–Kier alpha value is -2.57. The molecule has 0 atom stereocenters. The molecule has 0 saturated carbocycles. The highest BCUT2D eigenvalue weighted by atomic mass is 16.5. The van der Waals surface area contributed by atoms with Gasteiger partial charge in [-0.3, -0.25) is 5.32 Å². The first-order valence-electron chi connectivity index (χ1n) is 4.86. The SMILES string of the molecule is COc1ccccc1NC(=O)Nc1ncn[nH]1. The van der Waals surface area contributed by atoms with Gasteiger partial charge < -0.3 is 10.1 Å². The maximum absolute atomic E-state index is 11.6. The molecule has 0 spiro atoms. The predicted molar refractivity (Wildman–Crippen MR) is 62.0 cm³/mol. The third-order valence-corrected chi connectivity index (χ3v) is 2.00. The largest absolute Gasteiger partial charge is 0.495 e. The summed E-state index contributed by atoms with van der Waals surface area (Å²) in [4.78, 5) is 15.4. The van der Waals surface area contributed by atoms with E-state index in [0.29, 0.717) is 11.4 Å². The van der Waals surface area contributed by atoms with Crippen molar-refractivity contribution < 1.29 is 9.53 Å².